The monoisotopic (exact) mass is 447 g/mol. The number of aliphatic hydroxyl groups excluding tert-OH is 2. The fourth-order valence-electron chi connectivity index (χ4n) is 3.36. The Morgan fingerprint density at radius 3 is 2.74 bits per heavy atom. The average molecular weight is 447 g/mol. The van der Waals surface area contributed by atoms with Crippen LogP contribution >= 0.6 is 7.82 Å². The van der Waals surface area contributed by atoms with Crippen molar-refractivity contribution in [2.24, 2.45) is 0 Å². The summed E-state index contributed by atoms with van der Waals surface area (Å²) in [5.74, 6) is 0.242. The molecule has 2 aromatic heterocycles. The lowest BCUT2D eigenvalue weighted by atomic mass is 9.92. The summed E-state index contributed by atoms with van der Waals surface area (Å²) >= 11 is 0. The van der Waals surface area contributed by atoms with Crippen LogP contribution in [0.5, 0.6) is 5.75 Å². The van der Waals surface area contributed by atoms with Crippen molar-refractivity contribution in [1.29, 1.82) is 5.26 Å². The Hall–Kier alpha value is -3.04. The molecule has 4 rings (SSSR count). The Labute approximate surface area is 175 Å². The Bertz CT molecular complexity index is 1180. The highest BCUT2D eigenvalue weighted by Crippen LogP contribution is 2.46. The Balaban J connectivity index is 1.56. The van der Waals surface area contributed by atoms with Gasteiger partial charge in [-0.05, 0) is 24.3 Å². The van der Waals surface area contributed by atoms with Gasteiger partial charge in [0, 0.05) is 0 Å². The number of hydrogen-bond acceptors (Lipinski definition) is 10. The molecule has 0 spiro atoms. The maximum Gasteiger partial charge on any atom is 0.527 e. The number of nitrogens with zero attached hydrogens (tertiary/aromatic N) is 4. The zero-order chi connectivity index (χ0) is 22.2. The van der Waals surface area contributed by atoms with Gasteiger partial charge in [0.25, 0.3) is 0 Å². The zero-order valence-electron chi connectivity index (χ0n) is 15.8. The molecule has 0 aliphatic carbocycles. The van der Waals surface area contributed by atoms with Gasteiger partial charge in [0.2, 0.25) is 5.60 Å². The van der Waals surface area contributed by atoms with Crippen molar-refractivity contribution in [3.8, 4) is 11.8 Å². The smallest absolute Gasteiger partial charge is 0.404 e. The van der Waals surface area contributed by atoms with Gasteiger partial charge in [-0.3, -0.25) is 9.42 Å². The summed E-state index contributed by atoms with van der Waals surface area (Å²) in [4.78, 5) is 13.8. The van der Waals surface area contributed by atoms with Crippen molar-refractivity contribution < 1.29 is 33.5 Å². The van der Waals surface area contributed by atoms with Crippen molar-refractivity contribution in [3.05, 3.63) is 54.5 Å². The topological polar surface area (TPSA) is 185 Å². The van der Waals surface area contributed by atoms with Gasteiger partial charge in [-0.1, -0.05) is 18.2 Å². The number of nitrogen functional groups attached to an aromatic ring is 1. The molecular formula is C18H18N5O7P. The Morgan fingerprint density at radius 2 is 2.03 bits per heavy atom. The first kappa shape index (κ1) is 21.2. The van der Waals surface area contributed by atoms with Gasteiger partial charge < -0.3 is 25.2 Å². The molecule has 0 bridgehead atoms. The standard InChI is InChI=1S/C18H18N5O7P/c19-9-18(14-7-6-12-17(20)21-10-22-23(12)14)16(25)15(24)13(29-18)8-28-31(26,27)30-11-4-2-1-3-5-11/h1-7,10,13,15-16,24-25H,8H2,(H,26,27)(H2,20,21,22)/t13-,15-,16-,18+/m1/s1. The molecule has 3 aromatic rings. The molecule has 1 aliphatic rings. The van der Waals surface area contributed by atoms with Crippen LogP contribution in [0.3, 0.4) is 0 Å². The fourth-order valence-corrected chi connectivity index (χ4v) is 4.14. The zero-order valence-corrected chi connectivity index (χ0v) is 16.7. The van der Waals surface area contributed by atoms with Crippen molar-refractivity contribution >= 4 is 19.2 Å². The van der Waals surface area contributed by atoms with Gasteiger partial charge in [-0.15, -0.1) is 0 Å². The molecule has 1 aromatic carbocycles. The van der Waals surface area contributed by atoms with Gasteiger partial charge in [-0.25, -0.2) is 14.1 Å². The lowest BCUT2D eigenvalue weighted by Crippen LogP contribution is -2.41. The third kappa shape index (κ3) is 3.75. The first-order valence-electron chi connectivity index (χ1n) is 9.03. The summed E-state index contributed by atoms with van der Waals surface area (Å²) in [7, 11) is -4.57. The van der Waals surface area contributed by atoms with E-state index in [1.807, 2.05) is 6.07 Å². The first-order valence-corrected chi connectivity index (χ1v) is 10.5. The van der Waals surface area contributed by atoms with Crippen LogP contribution in [0, 0.1) is 11.3 Å². The Kier molecular flexibility index (Phi) is 5.40. The minimum absolute atomic E-state index is 0.0980. The molecule has 5 atom stereocenters. The highest BCUT2D eigenvalue weighted by Gasteiger charge is 2.58. The summed E-state index contributed by atoms with van der Waals surface area (Å²) < 4.78 is 29.0. The largest absolute Gasteiger partial charge is 0.527 e. The second-order valence-electron chi connectivity index (χ2n) is 6.77. The van der Waals surface area contributed by atoms with E-state index in [2.05, 4.69) is 10.1 Å². The molecule has 0 radical (unpaired) electrons. The molecule has 162 valence electrons. The molecule has 3 heterocycles. The van der Waals surface area contributed by atoms with Crippen LogP contribution in [0.15, 0.2) is 48.8 Å². The maximum absolute atomic E-state index is 12.2. The summed E-state index contributed by atoms with van der Waals surface area (Å²) in [6, 6.07) is 12.7. The predicted molar refractivity (Wildman–Crippen MR) is 104 cm³/mol. The predicted octanol–water partition coefficient (Wildman–Crippen LogP) is 0.347. The molecule has 0 saturated carbocycles. The highest BCUT2D eigenvalue weighted by atomic mass is 31.2. The highest BCUT2D eigenvalue weighted by molar-refractivity contribution is 7.47. The van der Waals surface area contributed by atoms with Gasteiger partial charge >= 0.3 is 7.82 Å². The number of fused-ring (bicyclic) bond motifs is 1. The summed E-state index contributed by atoms with van der Waals surface area (Å²) in [5, 5.41) is 35.0. The number of aliphatic hydroxyl groups is 2. The molecule has 1 saturated heterocycles. The second kappa shape index (κ2) is 7.90. The number of para-hydroxylation sites is 1. The number of aromatic nitrogens is 3. The fraction of sp³-hybridized carbons (Fsp3) is 0.278. The summed E-state index contributed by atoms with van der Waals surface area (Å²) in [6.45, 7) is -0.636. The molecule has 0 amide bonds. The van der Waals surface area contributed by atoms with E-state index in [0.717, 1.165) is 6.33 Å². The van der Waals surface area contributed by atoms with E-state index < -0.39 is 38.3 Å². The van der Waals surface area contributed by atoms with E-state index in [9.17, 15) is 24.9 Å². The number of nitrogens with two attached hydrogens (primary N) is 1. The third-order valence-corrected chi connectivity index (χ3v) is 5.77. The molecule has 1 fully saturated rings. The van der Waals surface area contributed by atoms with Crippen LogP contribution < -0.4 is 10.3 Å². The van der Waals surface area contributed by atoms with Crippen LogP contribution in [-0.4, -0.2) is 54.6 Å². The van der Waals surface area contributed by atoms with E-state index in [-0.39, 0.29) is 17.3 Å². The minimum atomic E-state index is -4.57. The van der Waals surface area contributed by atoms with Crippen molar-refractivity contribution in [2.45, 2.75) is 23.9 Å². The third-order valence-electron chi connectivity index (χ3n) is 4.85. The molecular weight excluding hydrogens is 429 g/mol. The number of benzene rings is 1. The Morgan fingerprint density at radius 1 is 1.29 bits per heavy atom. The van der Waals surface area contributed by atoms with Gasteiger partial charge in [0.1, 0.15) is 42.0 Å². The SMILES string of the molecule is N#C[C@@]1(c2ccc3c(N)ncnn23)O[C@H](COP(=O)(O)Oc2ccccc2)[C@@H](O)[C@H]1O. The first-order chi connectivity index (χ1) is 14.8. The number of phosphoric acid groups is 1. The number of phosphoric ester groups is 1. The molecule has 12 nitrogen and oxygen atoms in total. The number of nitriles is 1. The van der Waals surface area contributed by atoms with Crippen LogP contribution in [0.4, 0.5) is 5.82 Å². The molecule has 31 heavy (non-hydrogen) atoms. The normalized spacial score (nSPS) is 27.6. The number of ether oxygens (including phenoxy) is 1. The van der Waals surface area contributed by atoms with E-state index in [1.165, 1.54) is 28.8 Å². The van der Waals surface area contributed by atoms with Crippen LogP contribution in [0.2, 0.25) is 0 Å². The number of hydrogen-bond donors (Lipinski definition) is 4. The quantitative estimate of drug-likeness (QED) is 0.382. The second-order valence-corrected chi connectivity index (χ2v) is 8.15. The summed E-state index contributed by atoms with van der Waals surface area (Å²) in [5.41, 5.74) is 4.23. The van der Waals surface area contributed by atoms with Gasteiger partial charge in [0.05, 0.1) is 12.3 Å². The van der Waals surface area contributed by atoms with Crippen molar-refractivity contribution in [2.75, 3.05) is 12.3 Å². The number of anilines is 1. The number of rotatable bonds is 6. The van der Waals surface area contributed by atoms with Crippen molar-refractivity contribution in [1.82, 2.24) is 14.6 Å². The van der Waals surface area contributed by atoms with Crippen molar-refractivity contribution in [3.63, 3.8) is 0 Å². The lowest BCUT2D eigenvalue weighted by Gasteiger charge is -2.24. The molecule has 1 unspecified atom stereocenters. The minimum Gasteiger partial charge on any atom is -0.404 e. The molecule has 1 aliphatic heterocycles. The van der Waals surface area contributed by atoms with Gasteiger partial charge in [-0.2, -0.15) is 10.4 Å². The molecule has 13 heteroatoms. The van der Waals surface area contributed by atoms with Crippen LogP contribution in [0.25, 0.3) is 5.52 Å². The van der Waals surface area contributed by atoms with E-state index in [4.69, 9.17) is 19.5 Å². The lowest BCUT2D eigenvalue weighted by molar-refractivity contribution is -0.0633. The maximum atomic E-state index is 12.2. The van der Waals surface area contributed by atoms with Gasteiger partial charge in [0.15, 0.2) is 5.82 Å². The van der Waals surface area contributed by atoms with E-state index >= 15 is 0 Å². The van der Waals surface area contributed by atoms with E-state index in [0.29, 0.717) is 5.52 Å². The van der Waals surface area contributed by atoms with E-state index in [1.54, 1.807) is 18.2 Å². The average Bonchev–Trinajstić information content (AvgIpc) is 3.29. The summed E-state index contributed by atoms with van der Waals surface area (Å²) in [6.07, 6.45) is -3.48. The molecule has 5 N–H and O–H groups in total. The van der Waals surface area contributed by atoms with Crippen LogP contribution in [-0.2, 0) is 19.4 Å². The van der Waals surface area contributed by atoms with Crippen LogP contribution in [0.1, 0.15) is 5.69 Å².